The third-order valence-electron chi connectivity index (χ3n) is 2.58. The molecule has 2 aromatic rings. The Kier molecular flexibility index (Phi) is 4.90. The van der Waals surface area contributed by atoms with Crippen LogP contribution in [0.3, 0.4) is 0 Å². The zero-order valence-corrected chi connectivity index (χ0v) is 10.5. The summed E-state index contributed by atoms with van der Waals surface area (Å²) in [7, 11) is 0. The van der Waals surface area contributed by atoms with Crippen molar-refractivity contribution < 1.29 is 4.74 Å². The van der Waals surface area contributed by atoms with Crippen LogP contribution in [0.25, 0.3) is 0 Å². The van der Waals surface area contributed by atoms with Crippen molar-refractivity contribution in [2.24, 2.45) is 0 Å². The first-order chi connectivity index (χ1) is 9.40. The smallest absolute Gasteiger partial charge is 0.174 e. The van der Waals surface area contributed by atoms with Crippen molar-refractivity contribution in [1.29, 1.82) is 5.26 Å². The molecular weight excluding hydrogens is 242 g/mol. The molecule has 6 nitrogen and oxygen atoms in total. The topological polar surface area (TPSA) is 86.6 Å². The number of aromatic nitrogens is 3. The lowest BCUT2D eigenvalue weighted by Gasteiger charge is -2.09. The highest BCUT2D eigenvalue weighted by Gasteiger charge is 2.02. The van der Waals surface area contributed by atoms with Crippen LogP contribution in [0, 0.1) is 11.3 Å². The van der Waals surface area contributed by atoms with Crippen LogP contribution in [0.1, 0.15) is 11.4 Å². The van der Waals surface area contributed by atoms with Gasteiger partial charge in [-0.15, -0.1) is 0 Å². The highest BCUT2D eigenvalue weighted by Crippen LogP contribution is 2.17. The average molecular weight is 257 g/mol. The second-order valence-electron chi connectivity index (χ2n) is 3.91. The fourth-order valence-electron chi connectivity index (χ4n) is 1.68. The maximum Gasteiger partial charge on any atom is 0.174 e. The van der Waals surface area contributed by atoms with Gasteiger partial charge in [-0.05, 0) is 6.07 Å². The van der Waals surface area contributed by atoms with Gasteiger partial charge in [0.15, 0.2) is 6.61 Å². The molecule has 0 fully saturated rings. The third-order valence-corrected chi connectivity index (χ3v) is 2.58. The predicted octanol–water partition coefficient (Wildman–Crippen LogP) is 1.04. The Balaban J connectivity index is 1.80. The number of nitrogens with one attached hydrogen (secondary N) is 2. The molecule has 2 rings (SSSR count). The zero-order valence-electron chi connectivity index (χ0n) is 10.5. The van der Waals surface area contributed by atoms with Crippen LogP contribution in [0.4, 0.5) is 0 Å². The third kappa shape index (κ3) is 4.08. The Morgan fingerprint density at radius 2 is 2.26 bits per heavy atom. The number of ether oxygens (including phenoxy) is 1. The standard InChI is InChI=1S/C13H15N5O/c14-6-8-19-12-4-2-1-3-11(12)9-15-7-5-13-16-10-17-18-13/h1-4,10,15H,5,7-9H2,(H,16,17,18). The van der Waals surface area contributed by atoms with E-state index in [9.17, 15) is 0 Å². The van der Waals surface area contributed by atoms with E-state index < -0.39 is 0 Å². The Morgan fingerprint density at radius 3 is 3.05 bits per heavy atom. The summed E-state index contributed by atoms with van der Waals surface area (Å²) in [6.45, 7) is 1.55. The van der Waals surface area contributed by atoms with Crippen molar-refractivity contribution in [3.05, 3.63) is 42.0 Å². The summed E-state index contributed by atoms with van der Waals surface area (Å²) in [6, 6.07) is 9.66. The van der Waals surface area contributed by atoms with Gasteiger partial charge in [0.05, 0.1) is 0 Å². The quantitative estimate of drug-likeness (QED) is 0.724. The monoisotopic (exact) mass is 257 g/mol. The number of para-hydroxylation sites is 1. The second-order valence-corrected chi connectivity index (χ2v) is 3.91. The summed E-state index contributed by atoms with van der Waals surface area (Å²) in [5.74, 6) is 1.61. The molecule has 0 bridgehead atoms. The van der Waals surface area contributed by atoms with Crippen molar-refractivity contribution >= 4 is 0 Å². The predicted molar refractivity (Wildman–Crippen MR) is 69.3 cm³/mol. The number of hydrogen-bond acceptors (Lipinski definition) is 5. The maximum atomic E-state index is 8.53. The molecule has 6 heteroatoms. The van der Waals surface area contributed by atoms with E-state index in [0.717, 1.165) is 30.1 Å². The second kappa shape index (κ2) is 7.13. The van der Waals surface area contributed by atoms with Gasteiger partial charge in [-0.1, -0.05) is 18.2 Å². The van der Waals surface area contributed by atoms with E-state index in [1.165, 1.54) is 6.33 Å². The van der Waals surface area contributed by atoms with Crippen LogP contribution in [-0.4, -0.2) is 28.3 Å². The van der Waals surface area contributed by atoms with Gasteiger partial charge in [-0.25, -0.2) is 4.98 Å². The van der Waals surface area contributed by atoms with E-state index >= 15 is 0 Å². The first kappa shape index (κ1) is 13.1. The molecule has 0 aliphatic rings. The summed E-state index contributed by atoms with van der Waals surface area (Å²) in [5.41, 5.74) is 1.04. The van der Waals surface area contributed by atoms with Crippen LogP contribution in [0.5, 0.6) is 5.75 Å². The van der Waals surface area contributed by atoms with E-state index in [4.69, 9.17) is 10.00 Å². The Labute approximate surface area is 111 Å². The highest BCUT2D eigenvalue weighted by molar-refractivity contribution is 5.33. The number of H-pyrrole nitrogens is 1. The van der Waals surface area contributed by atoms with E-state index in [1.807, 2.05) is 30.3 Å². The van der Waals surface area contributed by atoms with Gasteiger partial charge in [-0.3, -0.25) is 5.10 Å². The zero-order chi connectivity index (χ0) is 13.3. The highest BCUT2D eigenvalue weighted by atomic mass is 16.5. The van der Waals surface area contributed by atoms with Gasteiger partial charge in [0.25, 0.3) is 0 Å². The van der Waals surface area contributed by atoms with E-state index in [2.05, 4.69) is 20.5 Å². The molecule has 1 aromatic heterocycles. The minimum atomic E-state index is 0.0646. The van der Waals surface area contributed by atoms with Gasteiger partial charge in [-0.2, -0.15) is 10.4 Å². The molecule has 0 spiro atoms. The SMILES string of the molecule is N#CCOc1ccccc1CNCCc1ncn[nH]1. The Bertz CT molecular complexity index is 532. The summed E-state index contributed by atoms with van der Waals surface area (Å²) in [4.78, 5) is 4.05. The number of nitriles is 1. The van der Waals surface area contributed by atoms with Gasteiger partial charge in [0.1, 0.15) is 24.0 Å². The van der Waals surface area contributed by atoms with Crippen LogP contribution in [0.15, 0.2) is 30.6 Å². The van der Waals surface area contributed by atoms with Crippen molar-refractivity contribution in [2.75, 3.05) is 13.2 Å². The average Bonchev–Trinajstić information content (AvgIpc) is 2.95. The van der Waals surface area contributed by atoms with Gasteiger partial charge < -0.3 is 10.1 Å². The molecule has 2 N–H and O–H groups in total. The normalized spacial score (nSPS) is 10.1. The number of nitrogens with zero attached hydrogens (tertiary/aromatic N) is 3. The lowest BCUT2D eigenvalue weighted by molar-refractivity contribution is 0.362. The number of benzene rings is 1. The van der Waals surface area contributed by atoms with E-state index in [0.29, 0.717) is 6.54 Å². The summed E-state index contributed by atoms with van der Waals surface area (Å²) in [6.07, 6.45) is 2.29. The largest absolute Gasteiger partial charge is 0.478 e. The van der Waals surface area contributed by atoms with E-state index in [-0.39, 0.29) is 6.61 Å². The summed E-state index contributed by atoms with van der Waals surface area (Å²) in [5, 5.41) is 18.4. The summed E-state index contributed by atoms with van der Waals surface area (Å²) < 4.78 is 5.36. The Hall–Kier alpha value is -2.39. The van der Waals surface area contributed by atoms with E-state index in [1.54, 1.807) is 0 Å². The van der Waals surface area contributed by atoms with Crippen molar-refractivity contribution in [1.82, 2.24) is 20.5 Å². The maximum absolute atomic E-state index is 8.53. The first-order valence-electron chi connectivity index (χ1n) is 6.03. The van der Waals surface area contributed by atoms with Crippen molar-refractivity contribution in [3.8, 4) is 11.8 Å². The molecular formula is C13H15N5O. The molecule has 1 aromatic carbocycles. The lowest BCUT2D eigenvalue weighted by atomic mass is 10.2. The van der Waals surface area contributed by atoms with Crippen LogP contribution in [-0.2, 0) is 13.0 Å². The molecule has 0 saturated heterocycles. The fraction of sp³-hybridized carbons (Fsp3) is 0.308. The van der Waals surface area contributed by atoms with Gasteiger partial charge >= 0.3 is 0 Å². The van der Waals surface area contributed by atoms with Gasteiger partial charge in [0, 0.05) is 25.1 Å². The van der Waals surface area contributed by atoms with Crippen LogP contribution in [0.2, 0.25) is 0 Å². The molecule has 0 aliphatic heterocycles. The number of aromatic amines is 1. The molecule has 1 heterocycles. The van der Waals surface area contributed by atoms with Gasteiger partial charge in [0.2, 0.25) is 0 Å². The van der Waals surface area contributed by atoms with Crippen LogP contribution < -0.4 is 10.1 Å². The fourth-order valence-corrected chi connectivity index (χ4v) is 1.68. The first-order valence-corrected chi connectivity index (χ1v) is 6.03. The van der Waals surface area contributed by atoms with Crippen molar-refractivity contribution in [2.45, 2.75) is 13.0 Å². The molecule has 19 heavy (non-hydrogen) atoms. The molecule has 0 radical (unpaired) electrons. The lowest BCUT2D eigenvalue weighted by Crippen LogP contribution is -2.17. The molecule has 0 atom stereocenters. The minimum Gasteiger partial charge on any atom is -0.478 e. The van der Waals surface area contributed by atoms with Crippen molar-refractivity contribution in [3.63, 3.8) is 0 Å². The summed E-state index contributed by atoms with van der Waals surface area (Å²) >= 11 is 0. The molecule has 0 amide bonds. The molecule has 0 unspecified atom stereocenters. The number of rotatable bonds is 7. The Morgan fingerprint density at radius 1 is 1.37 bits per heavy atom. The molecule has 0 saturated carbocycles. The molecule has 0 aliphatic carbocycles. The molecule has 98 valence electrons. The van der Waals surface area contributed by atoms with Crippen LogP contribution >= 0.6 is 0 Å². The minimum absolute atomic E-state index is 0.0646. The number of hydrogen-bond donors (Lipinski definition) is 2.